The molecular formula is C14H26N2O3. The Hall–Kier alpha value is -0.650. The molecule has 0 aromatic rings. The number of likely N-dealkylation sites (tertiary alicyclic amines) is 1. The second kappa shape index (κ2) is 6.68. The van der Waals surface area contributed by atoms with Crippen LogP contribution in [0.1, 0.15) is 25.7 Å². The topological polar surface area (TPSA) is 53.0 Å². The molecule has 110 valence electrons. The molecule has 1 atom stereocenters. The van der Waals surface area contributed by atoms with Crippen LogP contribution >= 0.6 is 0 Å². The van der Waals surface area contributed by atoms with Gasteiger partial charge in [-0.25, -0.2) is 0 Å². The van der Waals surface area contributed by atoms with Crippen LogP contribution in [0.2, 0.25) is 0 Å². The summed E-state index contributed by atoms with van der Waals surface area (Å²) < 4.78 is 5.41. The molecular weight excluding hydrogens is 244 g/mol. The summed E-state index contributed by atoms with van der Waals surface area (Å²) in [6.45, 7) is 6.03. The van der Waals surface area contributed by atoms with E-state index in [0.29, 0.717) is 19.8 Å². The third-order valence-corrected chi connectivity index (χ3v) is 4.35. The highest BCUT2D eigenvalue weighted by Crippen LogP contribution is 2.29. The fourth-order valence-corrected chi connectivity index (χ4v) is 3.13. The first-order valence-electron chi connectivity index (χ1n) is 7.34. The Morgan fingerprint density at radius 3 is 2.68 bits per heavy atom. The van der Waals surface area contributed by atoms with E-state index in [1.54, 1.807) is 0 Å². The normalized spacial score (nSPS) is 28.9. The van der Waals surface area contributed by atoms with E-state index in [2.05, 4.69) is 9.80 Å². The highest BCUT2D eigenvalue weighted by Gasteiger charge is 2.41. The van der Waals surface area contributed by atoms with Crippen molar-refractivity contribution in [1.82, 2.24) is 9.80 Å². The first-order valence-corrected chi connectivity index (χ1v) is 7.34. The lowest BCUT2D eigenvalue weighted by molar-refractivity contribution is -0.159. The zero-order chi connectivity index (χ0) is 13.7. The van der Waals surface area contributed by atoms with Crippen molar-refractivity contribution in [2.24, 2.45) is 5.41 Å². The third-order valence-electron chi connectivity index (χ3n) is 4.35. The van der Waals surface area contributed by atoms with Crippen molar-refractivity contribution in [3.8, 4) is 0 Å². The van der Waals surface area contributed by atoms with Crippen LogP contribution in [0.4, 0.5) is 0 Å². The Balaban J connectivity index is 1.80. The molecule has 1 N–H and O–H groups in total. The van der Waals surface area contributed by atoms with Gasteiger partial charge in [-0.1, -0.05) is 0 Å². The number of hydrogen-bond acceptors (Lipinski definition) is 4. The predicted octanol–water partition coefficient (Wildman–Crippen LogP) is 0.895. The van der Waals surface area contributed by atoms with E-state index in [1.807, 2.05) is 7.05 Å². The van der Waals surface area contributed by atoms with E-state index in [1.165, 1.54) is 25.9 Å². The van der Waals surface area contributed by atoms with Crippen molar-refractivity contribution >= 4 is 5.97 Å². The number of rotatable bonds is 6. The lowest BCUT2D eigenvalue weighted by Gasteiger charge is -2.36. The Bertz CT molecular complexity index is 297. The fourth-order valence-electron chi connectivity index (χ4n) is 3.13. The number of ether oxygens (including phenoxy) is 1. The number of nitrogens with zero attached hydrogens (tertiary/aromatic N) is 2. The number of hydrogen-bond donors (Lipinski definition) is 1. The first kappa shape index (κ1) is 14.8. The van der Waals surface area contributed by atoms with Crippen molar-refractivity contribution in [3.05, 3.63) is 0 Å². The molecule has 2 fully saturated rings. The van der Waals surface area contributed by atoms with Gasteiger partial charge in [-0.05, 0) is 45.8 Å². The van der Waals surface area contributed by atoms with Crippen molar-refractivity contribution in [2.45, 2.75) is 25.7 Å². The van der Waals surface area contributed by atoms with Crippen LogP contribution in [-0.4, -0.2) is 73.9 Å². The van der Waals surface area contributed by atoms with Gasteiger partial charge in [-0.15, -0.1) is 0 Å². The largest absolute Gasteiger partial charge is 0.481 e. The van der Waals surface area contributed by atoms with Gasteiger partial charge in [0.25, 0.3) is 0 Å². The van der Waals surface area contributed by atoms with E-state index in [0.717, 1.165) is 25.9 Å². The summed E-state index contributed by atoms with van der Waals surface area (Å²) in [5.41, 5.74) is -0.696. The zero-order valence-corrected chi connectivity index (χ0v) is 11.9. The third kappa shape index (κ3) is 3.91. The van der Waals surface area contributed by atoms with Crippen LogP contribution in [0, 0.1) is 5.41 Å². The zero-order valence-electron chi connectivity index (χ0n) is 11.9. The molecule has 5 heteroatoms. The van der Waals surface area contributed by atoms with Gasteiger partial charge in [0.15, 0.2) is 0 Å². The molecule has 0 aromatic heterocycles. The van der Waals surface area contributed by atoms with Crippen molar-refractivity contribution in [3.63, 3.8) is 0 Å². The van der Waals surface area contributed by atoms with E-state index >= 15 is 0 Å². The molecule has 2 aliphatic heterocycles. The molecule has 19 heavy (non-hydrogen) atoms. The van der Waals surface area contributed by atoms with Crippen LogP contribution < -0.4 is 0 Å². The molecule has 0 bridgehead atoms. The van der Waals surface area contributed by atoms with E-state index in [4.69, 9.17) is 4.74 Å². The molecule has 0 aliphatic carbocycles. The van der Waals surface area contributed by atoms with Gasteiger partial charge >= 0.3 is 5.97 Å². The molecule has 2 rings (SSSR count). The molecule has 5 nitrogen and oxygen atoms in total. The van der Waals surface area contributed by atoms with Crippen LogP contribution in [-0.2, 0) is 9.53 Å². The van der Waals surface area contributed by atoms with Crippen LogP contribution in [0.3, 0.4) is 0 Å². The van der Waals surface area contributed by atoms with Gasteiger partial charge in [-0.2, -0.15) is 0 Å². The molecule has 0 saturated carbocycles. The number of aliphatic carboxylic acids is 1. The summed E-state index contributed by atoms with van der Waals surface area (Å²) in [6, 6.07) is 0. The van der Waals surface area contributed by atoms with E-state index in [9.17, 15) is 9.90 Å². The minimum Gasteiger partial charge on any atom is -0.481 e. The molecule has 1 unspecified atom stereocenters. The maximum atomic E-state index is 11.6. The van der Waals surface area contributed by atoms with Crippen molar-refractivity contribution in [1.29, 1.82) is 0 Å². The van der Waals surface area contributed by atoms with Crippen LogP contribution in [0.15, 0.2) is 0 Å². The number of likely N-dealkylation sites (N-methyl/N-ethyl adjacent to an activating group) is 1. The van der Waals surface area contributed by atoms with Gasteiger partial charge in [0.1, 0.15) is 5.41 Å². The van der Waals surface area contributed by atoms with Gasteiger partial charge in [0.2, 0.25) is 0 Å². The summed E-state index contributed by atoms with van der Waals surface area (Å²) in [6.07, 6.45) is 4.19. The molecule has 2 saturated heterocycles. The summed E-state index contributed by atoms with van der Waals surface area (Å²) in [5, 5.41) is 9.50. The second-order valence-corrected chi connectivity index (χ2v) is 6.03. The average molecular weight is 270 g/mol. The van der Waals surface area contributed by atoms with Crippen LogP contribution in [0.5, 0.6) is 0 Å². The Labute approximate surface area is 115 Å². The van der Waals surface area contributed by atoms with Gasteiger partial charge in [0, 0.05) is 26.2 Å². The SMILES string of the molecule is CN(CCN1CCCC1)CC1(C(=O)O)CCCOC1. The minimum absolute atomic E-state index is 0.358. The summed E-state index contributed by atoms with van der Waals surface area (Å²) >= 11 is 0. The Morgan fingerprint density at radius 1 is 1.37 bits per heavy atom. The predicted molar refractivity (Wildman–Crippen MR) is 73.3 cm³/mol. The molecule has 0 spiro atoms. The smallest absolute Gasteiger partial charge is 0.313 e. The lowest BCUT2D eigenvalue weighted by atomic mass is 9.82. The fraction of sp³-hybridized carbons (Fsp3) is 0.929. The van der Waals surface area contributed by atoms with E-state index < -0.39 is 11.4 Å². The molecule has 2 heterocycles. The lowest BCUT2D eigenvalue weighted by Crippen LogP contribution is -2.48. The standard InChI is InChI=1S/C14H26N2O3/c1-15(8-9-16-6-2-3-7-16)11-14(13(17)18)5-4-10-19-12-14/h2-12H2,1H3,(H,17,18). The average Bonchev–Trinajstić information content (AvgIpc) is 2.90. The molecule has 0 aromatic carbocycles. The summed E-state index contributed by atoms with van der Waals surface area (Å²) in [7, 11) is 2.02. The van der Waals surface area contributed by atoms with Gasteiger partial charge in [0.05, 0.1) is 6.61 Å². The first-order chi connectivity index (χ1) is 9.12. The molecule has 0 radical (unpaired) electrons. The maximum Gasteiger partial charge on any atom is 0.313 e. The van der Waals surface area contributed by atoms with Crippen molar-refractivity contribution < 1.29 is 14.6 Å². The van der Waals surface area contributed by atoms with E-state index in [-0.39, 0.29) is 0 Å². The number of carboxylic acid groups (broad SMARTS) is 1. The maximum absolute atomic E-state index is 11.6. The van der Waals surface area contributed by atoms with Gasteiger partial charge < -0.3 is 19.6 Å². The molecule has 2 aliphatic rings. The Morgan fingerprint density at radius 2 is 2.11 bits per heavy atom. The second-order valence-electron chi connectivity index (χ2n) is 6.03. The summed E-state index contributed by atoms with van der Waals surface area (Å²) in [5.74, 6) is -0.708. The quantitative estimate of drug-likeness (QED) is 0.777. The van der Waals surface area contributed by atoms with Gasteiger partial charge in [-0.3, -0.25) is 4.79 Å². The highest BCUT2D eigenvalue weighted by molar-refractivity contribution is 5.75. The summed E-state index contributed by atoms with van der Waals surface area (Å²) in [4.78, 5) is 16.2. The number of carbonyl (C=O) groups is 1. The van der Waals surface area contributed by atoms with Crippen LogP contribution in [0.25, 0.3) is 0 Å². The monoisotopic (exact) mass is 270 g/mol. The highest BCUT2D eigenvalue weighted by atomic mass is 16.5. The Kier molecular flexibility index (Phi) is 5.19. The minimum atomic E-state index is -0.708. The molecule has 0 amide bonds. The number of carboxylic acids is 1. The van der Waals surface area contributed by atoms with Crippen molar-refractivity contribution in [2.75, 3.05) is 53.0 Å².